The summed E-state index contributed by atoms with van der Waals surface area (Å²) in [5.74, 6) is -0.0712. The minimum Gasteiger partial charge on any atom is -0.357 e. The monoisotopic (exact) mass is 294 g/mol. The number of hydrogen-bond acceptors (Lipinski definition) is 2. The molecule has 0 amide bonds. The number of benzene rings is 1. The van der Waals surface area contributed by atoms with Crippen LogP contribution >= 0.6 is 0 Å². The van der Waals surface area contributed by atoms with Gasteiger partial charge in [-0.05, 0) is 43.5 Å². The third-order valence-electron chi connectivity index (χ3n) is 4.70. The van der Waals surface area contributed by atoms with E-state index in [-0.39, 0.29) is 11.6 Å². The smallest absolute Gasteiger partial charge is 0.215 e. The first-order valence-electron chi connectivity index (χ1n) is 6.73. The van der Waals surface area contributed by atoms with Gasteiger partial charge in [0.2, 0.25) is 10.0 Å². The fourth-order valence-corrected chi connectivity index (χ4v) is 5.70. The van der Waals surface area contributed by atoms with E-state index in [0.29, 0.717) is 19.4 Å². The second-order valence-electron chi connectivity index (χ2n) is 5.83. The number of rotatable bonds is 0. The third kappa shape index (κ3) is 1.41. The topological polar surface area (TPSA) is 53.2 Å². The first kappa shape index (κ1) is 12.3. The Morgan fingerprint density at radius 3 is 3.00 bits per heavy atom. The Bertz CT molecular complexity index is 827. The molecule has 4 nitrogen and oxygen atoms in total. The summed E-state index contributed by atoms with van der Waals surface area (Å²) in [5.41, 5.74) is 2.37. The maximum absolute atomic E-state index is 13.5. The van der Waals surface area contributed by atoms with Crippen LogP contribution < -0.4 is 0 Å². The second kappa shape index (κ2) is 3.62. The van der Waals surface area contributed by atoms with Gasteiger partial charge in [-0.25, -0.2) is 12.8 Å². The van der Waals surface area contributed by atoms with E-state index >= 15 is 0 Å². The van der Waals surface area contributed by atoms with Gasteiger partial charge in [-0.1, -0.05) is 0 Å². The number of hydrogen-bond donors (Lipinski definition) is 1. The van der Waals surface area contributed by atoms with Crippen molar-refractivity contribution in [3.8, 4) is 0 Å². The van der Waals surface area contributed by atoms with E-state index in [9.17, 15) is 12.8 Å². The zero-order chi connectivity index (χ0) is 14.1. The van der Waals surface area contributed by atoms with Crippen molar-refractivity contribution >= 4 is 20.9 Å². The van der Waals surface area contributed by atoms with Gasteiger partial charge >= 0.3 is 0 Å². The lowest BCUT2D eigenvalue weighted by atomic mass is 9.86. The van der Waals surface area contributed by atoms with E-state index in [4.69, 9.17) is 0 Å². The Morgan fingerprint density at radius 1 is 1.40 bits per heavy atom. The number of halogens is 1. The summed E-state index contributed by atoms with van der Waals surface area (Å²) in [6.45, 7) is 2.44. The minimum atomic E-state index is -3.15. The first-order chi connectivity index (χ1) is 9.42. The highest BCUT2D eigenvalue weighted by Gasteiger charge is 2.51. The molecule has 1 aromatic heterocycles. The summed E-state index contributed by atoms with van der Waals surface area (Å²) in [6.07, 6.45) is 1.21. The van der Waals surface area contributed by atoms with Crippen molar-refractivity contribution in [3.05, 3.63) is 35.3 Å². The summed E-state index contributed by atoms with van der Waals surface area (Å²) in [4.78, 5) is 3.32. The number of nitrogens with one attached hydrogen (secondary N) is 1. The van der Waals surface area contributed by atoms with Crippen molar-refractivity contribution in [2.75, 3.05) is 12.3 Å². The lowest BCUT2D eigenvalue weighted by Crippen LogP contribution is -2.45. The van der Waals surface area contributed by atoms with E-state index in [0.717, 1.165) is 22.2 Å². The van der Waals surface area contributed by atoms with Crippen LogP contribution in [0.25, 0.3) is 10.9 Å². The molecule has 1 aromatic carbocycles. The number of aromatic amines is 1. The zero-order valence-electron chi connectivity index (χ0n) is 11.1. The standard InChI is InChI=1S/C14H15FN2O2S/c1-14-5-7-20(18,19)17(14)6-4-10-11-8-9(15)2-3-12(11)16-13(10)14/h2-3,8,16H,4-7H2,1H3/t14-/m1/s1. The summed E-state index contributed by atoms with van der Waals surface area (Å²) in [6, 6.07) is 4.68. The van der Waals surface area contributed by atoms with Gasteiger partial charge in [0, 0.05) is 23.1 Å². The fraction of sp³-hybridized carbons (Fsp3) is 0.429. The largest absolute Gasteiger partial charge is 0.357 e. The quantitative estimate of drug-likeness (QED) is 0.809. The maximum Gasteiger partial charge on any atom is 0.215 e. The predicted molar refractivity (Wildman–Crippen MR) is 74.4 cm³/mol. The van der Waals surface area contributed by atoms with Gasteiger partial charge < -0.3 is 4.98 Å². The molecule has 6 heteroatoms. The Labute approximate surface area is 116 Å². The van der Waals surface area contributed by atoms with Crippen molar-refractivity contribution in [2.45, 2.75) is 25.3 Å². The fourth-order valence-electron chi connectivity index (χ4n) is 3.66. The molecular formula is C14H15FN2O2S. The van der Waals surface area contributed by atoms with Crippen LogP contribution in [0.4, 0.5) is 4.39 Å². The van der Waals surface area contributed by atoms with Crippen LogP contribution in [0.3, 0.4) is 0 Å². The molecule has 4 rings (SSSR count). The van der Waals surface area contributed by atoms with Crippen LogP contribution in [0, 0.1) is 5.82 Å². The van der Waals surface area contributed by atoms with Gasteiger partial charge in [-0.2, -0.15) is 4.31 Å². The average Bonchev–Trinajstić information content (AvgIpc) is 2.87. The molecule has 0 radical (unpaired) electrons. The molecule has 0 bridgehead atoms. The highest BCUT2D eigenvalue weighted by Crippen LogP contribution is 2.46. The Balaban J connectivity index is 2.00. The van der Waals surface area contributed by atoms with Crippen LogP contribution in [0.1, 0.15) is 24.6 Å². The molecule has 2 aromatic rings. The van der Waals surface area contributed by atoms with E-state index in [1.165, 1.54) is 12.1 Å². The molecule has 3 heterocycles. The minimum absolute atomic E-state index is 0.187. The van der Waals surface area contributed by atoms with Crippen LogP contribution in [0.2, 0.25) is 0 Å². The van der Waals surface area contributed by atoms with Crippen LogP contribution in [-0.2, 0) is 22.0 Å². The van der Waals surface area contributed by atoms with Gasteiger partial charge in [0.25, 0.3) is 0 Å². The molecule has 1 fully saturated rings. The molecule has 2 aliphatic rings. The van der Waals surface area contributed by atoms with Crippen molar-refractivity contribution in [1.82, 2.24) is 9.29 Å². The Morgan fingerprint density at radius 2 is 2.20 bits per heavy atom. The molecule has 1 saturated heterocycles. The number of nitrogens with zero attached hydrogens (tertiary/aromatic N) is 1. The second-order valence-corrected chi connectivity index (χ2v) is 7.84. The summed E-state index contributed by atoms with van der Waals surface area (Å²) in [7, 11) is -3.15. The van der Waals surface area contributed by atoms with Crippen molar-refractivity contribution in [2.24, 2.45) is 0 Å². The summed E-state index contributed by atoms with van der Waals surface area (Å²) >= 11 is 0. The van der Waals surface area contributed by atoms with Crippen molar-refractivity contribution in [3.63, 3.8) is 0 Å². The van der Waals surface area contributed by atoms with Gasteiger partial charge in [-0.3, -0.25) is 0 Å². The SMILES string of the molecule is C[C@]12CCS(=O)(=O)N1CCc1c2[nH]c2ccc(F)cc12. The van der Waals surface area contributed by atoms with E-state index < -0.39 is 15.6 Å². The van der Waals surface area contributed by atoms with E-state index in [1.54, 1.807) is 10.4 Å². The molecule has 1 N–H and O–H groups in total. The molecule has 0 spiro atoms. The third-order valence-corrected chi connectivity index (χ3v) is 6.68. The van der Waals surface area contributed by atoms with Crippen LogP contribution in [0.15, 0.2) is 18.2 Å². The van der Waals surface area contributed by atoms with Gasteiger partial charge in [0.05, 0.1) is 11.3 Å². The van der Waals surface area contributed by atoms with Crippen LogP contribution in [0.5, 0.6) is 0 Å². The Hall–Kier alpha value is -1.40. The summed E-state index contributed by atoms with van der Waals surface area (Å²) in [5, 5.41) is 0.880. The lowest BCUT2D eigenvalue weighted by molar-refractivity contribution is 0.208. The molecule has 20 heavy (non-hydrogen) atoms. The number of sulfonamides is 1. The predicted octanol–water partition coefficient (Wildman–Crippen LogP) is 2.11. The van der Waals surface area contributed by atoms with Crippen molar-refractivity contribution in [1.29, 1.82) is 0 Å². The molecule has 0 saturated carbocycles. The number of fused-ring (bicyclic) bond motifs is 5. The van der Waals surface area contributed by atoms with Crippen LogP contribution in [-0.4, -0.2) is 30.0 Å². The normalized spacial score (nSPS) is 28.5. The molecule has 0 unspecified atom stereocenters. The maximum atomic E-state index is 13.5. The van der Waals surface area contributed by atoms with E-state index in [2.05, 4.69) is 4.98 Å². The highest BCUT2D eigenvalue weighted by atomic mass is 32.2. The Kier molecular flexibility index (Phi) is 2.24. The number of H-pyrrole nitrogens is 1. The van der Waals surface area contributed by atoms with Gasteiger partial charge in [0.15, 0.2) is 0 Å². The summed E-state index contributed by atoms with van der Waals surface area (Å²) < 4.78 is 39.3. The molecular weight excluding hydrogens is 279 g/mol. The first-order valence-corrected chi connectivity index (χ1v) is 8.34. The average molecular weight is 294 g/mol. The number of aromatic nitrogens is 1. The van der Waals surface area contributed by atoms with Gasteiger partial charge in [0.1, 0.15) is 5.82 Å². The molecule has 1 atom stereocenters. The zero-order valence-corrected chi connectivity index (χ0v) is 11.9. The molecule has 106 valence electrons. The molecule has 0 aliphatic carbocycles. The van der Waals surface area contributed by atoms with E-state index in [1.807, 2.05) is 6.92 Å². The van der Waals surface area contributed by atoms with Crippen molar-refractivity contribution < 1.29 is 12.8 Å². The highest BCUT2D eigenvalue weighted by molar-refractivity contribution is 7.89. The lowest BCUT2D eigenvalue weighted by Gasteiger charge is -2.37. The molecule has 2 aliphatic heterocycles. The van der Waals surface area contributed by atoms with Gasteiger partial charge in [-0.15, -0.1) is 0 Å².